The Morgan fingerprint density at radius 3 is 2.85 bits per heavy atom. The van der Waals surface area contributed by atoms with E-state index in [0.29, 0.717) is 17.9 Å². The fourth-order valence-electron chi connectivity index (χ4n) is 2.60. The fourth-order valence-corrected chi connectivity index (χ4v) is 2.96. The fraction of sp³-hybridized carbons (Fsp3) is 0.429. The molecule has 0 bridgehead atoms. The molecule has 0 spiro atoms. The van der Waals surface area contributed by atoms with Crippen LogP contribution in [0.25, 0.3) is 0 Å². The first-order valence-corrected chi connectivity index (χ1v) is 7.32. The van der Waals surface area contributed by atoms with Gasteiger partial charge in [-0.05, 0) is 37.0 Å². The van der Waals surface area contributed by atoms with E-state index in [4.69, 9.17) is 10.8 Å². The molecule has 1 heterocycles. The van der Waals surface area contributed by atoms with Gasteiger partial charge in [-0.25, -0.2) is 0 Å². The third kappa shape index (κ3) is 3.50. The average Bonchev–Trinajstić information content (AvgIpc) is 2.84. The van der Waals surface area contributed by atoms with Gasteiger partial charge in [0, 0.05) is 29.7 Å². The van der Waals surface area contributed by atoms with Crippen LogP contribution >= 0.6 is 15.9 Å². The van der Waals surface area contributed by atoms with E-state index in [2.05, 4.69) is 20.8 Å². The molecule has 1 amide bonds. The van der Waals surface area contributed by atoms with E-state index in [9.17, 15) is 9.59 Å². The van der Waals surface area contributed by atoms with E-state index in [-0.39, 0.29) is 6.42 Å². The number of hydrogen-bond acceptors (Lipinski definition) is 3. The topological polar surface area (TPSA) is 83.6 Å². The van der Waals surface area contributed by atoms with Crippen molar-refractivity contribution in [2.75, 3.05) is 18.0 Å². The SMILES string of the molecule is NC(=O)c1cc(Br)ccc1N1CCC(CCC(=O)O)C1. The number of aliphatic carboxylic acids is 1. The molecule has 1 aromatic carbocycles. The standard InChI is InChI=1S/C14H17BrN2O3/c15-10-2-3-12(11(7-10)14(16)20)17-6-5-9(8-17)1-4-13(18)19/h2-3,7,9H,1,4-6,8H2,(H2,16,20)(H,18,19). The van der Waals surface area contributed by atoms with Crippen molar-refractivity contribution in [3.8, 4) is 0 Å². The minimum absolute atomic E-state index is 0.196. The largest absolute Gasteiger partial charge is 0.481 e. The summed E-state index contributed by atoms with van der Waals surface area (Å²) in [5.41, 5.74) is 6.75. The zero-order valence-electron chi connectivity index (χ0n) is 11.0. The molecule has 1 atom stereocenters. The molecule has 20 heavy (non-hydrogen) atoms. The number of carbonyl (C=O) groups is 2. The number of anilines is 1. The van der Waals surface area contributed by atoms with Crippen LogP contribution in [-0.2, 0) is 4.79 Å². The van der Waals surface area contributed by atoms with Crippen LogP contribution in [0.15, 0.2) is 22.7 Å². The molecule has 1 aromatic rings. The Morgan fingerprint density at radius 2 is 2.20 bits per heavy atom. The first kappa shape index (κ1) is 14.8. The molecule has 0 radical (unpaired) electrons. The van der Waals surface area contributed by atoms with Crippen molar-refractivity contribution in [1.29, 1.82) is 0 Å². The first-order valence-electron chi connectivity index (χ1n) is 6.53. The molecular formula is C14H17BrN2O3. The van der Waals surface area contributed by atoms with Crippen molar-refractivity contribution >= 4 is 33.5 Å². The van der Waals surface area contributed by atoms with Gasteiger partial charge in [-0.1, -0.05) is 15.9 Å². The van der Waals surface area contributed by atoms with Gasteiger partial charge in [0.05, 0.1) is 5.56 Å². The molecule has 2 rings (SSSR count). The summed E-state index contributed by atoms with van der Waals surface area (Å²) in [7, 11) is 0. The number of halogens is 1. The molecule has 108 valence electrons. The highest BCUT2D eigenvalue weighted by molar-refractivity contribution is 9.10. The number of nitrogens with two attached hydrogens (primary N) is 1. The lowest BCUT2D eigenvalue weighted by Gasteiger charge is -2.21. The molecule has 5 nitrogen and oxygen atoms in total. The van der Waals surface area contributed by atoms with Gasteiger partial charge in [0.25, 0.3) is 5.91 Å². The predicted octanol–water partition coefficient (Wildman–Crippen LogP) is 2.24. The zero-order chi connectivity index (χ0) is 14.7. The Morgan fingerprint density at radius 1 is 1.45 bits per heavy atom. The second-order valence-corrected chi connectivity index (χ2v) is 5.97. The number of primary amides is 1. The van der Waals surface area contributed by atoms with Crippen molar-refractivity contribution in [3.63, 3.8) is 0 Å². The third-order valence-electron chi connectivity index (χ3n) is 3.62. The molecule has 3 N–H and O–H groups in total. The number of rotatable bonds is 5. The molecular weight excluding hydrogens is 324 g/mol. The van der Waals surface area contributed by atoms with Gasteiger partial charge in [-0.15, -0.1) is 0 Å². The minimum atomic E-state index is -0.759. The Labute approximate surface area is 125 Å². The first-order chi connectivity index (χ1) is 9.47. The van der Waals surface area contributed by atoms with Crippen LogP contribution in [0.4, 0.5) is 5.69 Å². The van der Waals surface area contributed by atoms with Gasteiger partial charge in [-0.2, -0.15) is 0 Å². The minimum Gasteiger partial charge on any atom is -0.481 e. The number of carbonyl (C=O) groups excluding carboxylic acids is 1. The van der Waals surface area contributed by atoms with Gasteiger partial charge < -0.3 is 15.7 Å². The van der Waals surface area contributed by atoms with Crippen LogP contribution in [0, 0.1) is 5.92 Å². The van der Waals surface area contributed by atoms with Crippen LogP contribution in [0.1, 0.15) is 29.6 Å². The number of carboxylic acid groups (broad SMARTS) is 1. The highest BCUT2D eigenvalue weighted by atomic mass is 79.9. The molecule has 0 aromatic heterocycles. The highest BCUT2D eigenvalue weighted by Gasteiger charge is 2.25. The van der Waals surface area contributed by atoms with Gasteiger partial charge >= 0.3 is 5.97 Å². The van der Waals surface area contributed by atoms with Crippen molar-refractivity contribution in [2.24, 2.45) is 11.7 Å². The lowest BCUT2D eigenvalue weighted by molar-refractivity contribution is -0.137. The summed E-state index contributed by atoms with van der Waals surface area (Å²) in [5, 5.41) is 8.72. The summed E-state index contributed by atoms with van der Waals surface area (Å²) in [6.45, 7) is 1.60. The van der Waals surface area contributed by atoms with E-state index >= 15 is 0 Å². The van der Waals surface area contributed by atoms with E-state index in [1.807, 2.05) is 12.1 Å². The van der Waals surface area contributed by atoms with E-state index < -0.39 is 11.9 Å². The summed E-state index contributed by atoms with van der Waals surface area (Å²) in [6.07, 6.45) is 1.82. The Balaban J connectivity index is 2.10. The van der Waals surface area contributed by atoms with Crippen LogP contribution in [0.5, 0.6) is 0 Å². The number of carboxylic acids is 1. The summed E-state index contributed by atoms with van der Waals surface area (Å²) >= 11 is 3.33. The van der Waals surface area contributed by atoms with Crippen LogP contribution in [0.2, 0.25) is 0 Å². The molecule has 1 unspecified atom stereocenters. The van der Waals surface area contributed by atoms with E-state index in [1.165, 1.54) is 0 Å². The second kappa shape index (κ2) is 6.26. The quantitative estimate of drug-likeness (QED) is 0.860. The van der Waals surface area contributed by atoms with Crippen molar-refractivity contribution in [1.82, 2.24) is 0 Å². The molecule has 1 aliphatic heterocycles. The summed E-state index contributed by atoms with van der Waals surface area (Å²) in [4.78, 5) is 24.2. The smallest absolute Gasteiger partial charge is 0.303 e. The van der Waals surface area contributed by atoms with Crippen molar-refractivity contribution in [2.45, 2.75) is 19.3 Å². The number of hydrogen-bond donors (Lipinski definition) is 2. The third-order valence-corrected chi connectivity index (χ3v) is 4.11. The van der Waals surface area contributed by atoms with E-state index in [1.54, 1.807) is 6.07 Å². The summed E-state index contributed by atoms with van der Waals surface area (Å²) in [5.74, 6) is -0.851. The van der Waals surface area contributed by atoms with Gasteiger partial charge in [0.15, 0.2) is 0 Å². The van der Waals surface area contributed by atoms with Gasteiger partial charge in [0.2, 0.25) is 0 Å². The number of benzene rings is 1. The molecule has 1 fully saturated rings. The average molecular weight is 341 g/mol. The molecule has 0 aliphatic carbocycles. The molecule has 6 heteroatoms. The van der Waals surface area contributed by atoms with Gasteiger partial charge in [0.1, 0.15) is 0 Å². The normalized spacial score (nSPS) is 18.2. The van der Waals surface area contributed by atoms with Gasteiger partial charge in [-0.3, -0.25) is 9.59 Å². The Bertz CT molecular complexity index is 533. The Kier molecular flexibility index (Phi) is 4.65. The maximum absolute atomic E-state index is 11.5. The predicted molar refractivity (Wildman–Crippen MR) is 79.8 cm³/mol. The maximum atomic E-state index is 11.5. The van der Waals surface area contributed by atoms with E-state index in [0.717, 1.165) is 29.7 Å². The number of nitrogens with zero attached hydrogens (tertiary/aromatic N) is 1. The zero-order valence-corrected chi connectivity index (χ0v) is 12.6. The van der Waals surface area contributed by atoms with Crippen LogP contribution in [-0.4, -0.2) is 30.1 Å². The molecule has 0 saturated carbocycles. The lowest BCUT2D eigenvalue weighted by atomic mass is 10.0. The summed E-state index contributed by atoms with van der Waals surface area (Å²) < 4.78 is 0.816. The van der Waals surface area contributed by atoms with Crippen LogP contribution in [0.3, 0.4) is 0 Å². The van der Waals surface area contributed by atoms with Crippen molar-refractivity contribution < 1.29 is 14.7 Å². The van der Waals surface area contributed by atoms with Crippen LogP contribution < -0.4 is 10.6 Å². The maximum Gasteiger partial charge on any atom is 0.303 e. The van der Waals surface area contributed by atoms with Crippen molar-refractivity contribution in [3.05, 3.63) is 28.2 Å². The summed E-state index contributed by atoms with van der Waals surface area (Å²) in [6, 6.07) is 5.48. The highest BCUT2D eigenvalue weighted by Crippen LogP contribution is 2.30. The second-order valence-electron chi connectivity index (χ2n) is 5.06. The molecule has 1 aliphatic rings. The monoisotopic (exact) mass is 340 g/mol. The lowest BCUT2D eigenvalue weighted by Crippen LogP contribution is -2.24. The number of amides is 1. The molecule has 1 saturated heterocycles. The Hall–Kier alpha value is -1.56.